The van der Waals surface area contributed by atoms with Crippen molar-refractivity contribution in [2.45, 2.75) is 64.5 Å². The van der Waals surface area contributed by atoms with Crippen LogP contribution in [0.2, 0.25) is 0 Å². The molecule has 0 saturated carbocycles. The lowest BCUT2D eigenvalue weighted by Crippen LogP contribution is -2.58. The van der Waals surface area contributed by atoms with E-state index < -0.39 is 56.2 Å². The van der Waals surface area contributed by atoms with Gasteiger partial charge in [-0.25, -0.2) is 17.8 Å². The van der Waals surface area contributed by atoms with Crippen LogP contribution in [0.5, 0.6) is 0 Å². The molecule has 0 bridgehead atoms. The third-order valence-corrected chi connectivity index (χ3v) is 9.71. The Morgan fingerprint density at radius 3 is 1.85 bits per heavy atom. The minimum Gasteiger partial charge on any atom is -0.349 e. The molecule has 47 heavy (non-hydrogen) atoms. The molecule has 1 aliphatic rings. The molecule has 2 heterocycles. The summed E-state index contributed by atoms with van der Waals surface area (Å²) in [4.78, 5) is 21.6. The van der Waals surface area contributed by atoms with Gasteiger partial charge in [-0.15, -0.1) is 0 Å². The van der Waals surface area contributed by atoms with E-state index in [-0.39, 0.29) is 36.9 Å². The molecule has 1 aromatic heterocycles. The molecule has 15 heteroatoms. The van der Waals surface area contributed by atoms with Gasteiger partial charge in [-0.05, 0) is 87.7 Å². The molecule has 1 aliphatic heterocycles. The smallest absolute Gasteiger partial charge is 0.349 e. The number of piperazine rings is 1. The largest absolute Gasteiger partial charge is 0.416 e. The average molecular weight is 689 g/mol. The zero-order valence-electron chi connectivity index (χ0n) is 26.8. The van der Waals surface area contributed by atoms with Gasteiger partial charge in [0.15, 0.2) is 0 Å². The number of hydrogen-bond acceptors (Lipinski definition) is 5. The van der Waals surface area contributed by atoms with Gasteiger partial charge in [-0.3, -0.25) is 4.79 Å². The highest BCUT2D eigenvalue weighted by Crippen LogP contribution is 2.41. The molecular weight excluding hydrogens is 653 g/mol. The first kappa shape index (κ1) is 36.1. The predicted octanol–water partition coefficient (Wildman–Crippen LogP) is 7.03. The molecule has 2 unspecified atom stereocenters. The third-order valence-electron chi connectivity index (χ3n) is 8.48. The van der Waals surface area contributed by atoms with Gasteiger partial charge in [-0.2, -0.15) is 30.6 Å². The highest BCUT2D eigenvalue weighted by atomic mass is 32.2. The summed E-state index contributed by atoms with van der Waals surface area (Å²) < 4.78 is 122. The molecular formula is C32H35F7N4O3S. The van der Waals surface area contributed by atoms with Gasteiger partial charge in [0.2, 0.25) is 15.9 Å². The second kappa shape index (κ2) is 12.4. The number of likely N-dealkylation sites (N-methyl/N-ethyl adjacent to an activating group) is 1. The third kappa shape index (κ3) is 7.40. The van der Waals surface area contributed by atoms with Crippen molar-refractivity contribution in [1.82, 2.24) is 9.29 Å². The second-order valence-corrected chi connectivity index (χ2v) is 14.5. The van der Waals surface area contributed by atoms with Gasteiger partial charge >= 0.3 is 12.4 Å². The molecule has 2 atom stereocenters. The maximum atomic E-state index is 14.1. The molecule has 7 nitrogen and oxygen atoms in total. The van der Waals surface area contributed by atoms with Crippen molar-refractivity contribution in [2.24, 2.45) is 0 Å². The van der Waals surface area contributed by atoms with E-state index in [4.69, 9.17) is 0 Å². The zero-order chi connectivity index (χ0) is 35.4. The van der Waals surface area contributed by atoms with Crippen LogP contribution in [0.15, 0.2) is 48.7 Å². The van der Waals surface area contributed by atoms with Crippen LogP contribution >= 0.6 is 0 Å². The molecule has 0 aliphatic carbocycles. The van der Waals surface area contributed by atoms with Crippen molar-refractivity contribution in [2.75, 3.05) is 36.2 Å². The number of aryl methyl sites for hydroxylation is 1. The lowest BCUT2D eigenvalue weighted by Gasteiger charge is -2.44. The number of aromatic nitrogens is 1. The van der Waals surface area contributed by atoms with Gasteiger partial charge in [0, 0.05) is 37.8 Å². The lowest BCUT2D eigenvalue weighted by atomic mass is 9.81. The number of anilines is 2. The van der Waals surface area contributed by atoms with Crippen molar-refractivity contribution in [3.63, 3.8) is 0 Å². The summed E-state index contributed by atoms with van der Waals surface area (Å²) in [7, 11) is -2.13. The van der Waals surface area contributed by atoms with E-state index in [1.807, 2.05) is 18.7 Å². The topological polar surface area (TPSA) is 73.8 Å². The first-order valence-electron chi connectivity index (χ1n) is 14.5. The van der Waals surface area contributed by atoms with E-state index in [0.29, 0.717) is 34.6 Å². The fourth-order valence-electron chi connectivity index (χ4n) is 5.96. The number of alkyl halides is 6. The number of halogens is 7. The summed E-state index contributed by atoms with van der Waals surface area (Å²) >= 11 is 0. The molecule has 0 spiro atoms. The SMILES string of the molecule is Cc1cc(F)ccc1-c1cc(N2C(C)CN(S(C)(=O)=O)CC2C)ncc1N(C)C(=O)C(C)(C)c1cc(C(F)(F)F)cc(C(F)(F)F)c1. The van der Waals surface area contributed by atoms with Gasteiger partial charge < -0.3 is 9.80 Å². The van der Waals surface area contributed by atoms with E-state index in [0.717, 1.165) is 11.2 Å². The minimum absolute atomic E-state index is 0.00353. The van der Waals surface area contributed by atoms with Crippen LogP contribution < -0.4 is 9.80 Å². The fraction of sp³-hybridized carbons (Fsp3) is 0.438. The van der Waals surface area contributed by atoms with Crippen molar-refractivity contribution in [1.29, 1.82) is 0 Å². The molecule has 1 amide bonds. The summed E-state index contributed by atoms with van der Waals surface area (Å²) in [6.45, 7) is 8.13. The fourth-order valence-corrected chi connectivity index (χ4v) is 6.93. The molecule has 1 saturated heterocycles. The average Bonchev–Trinajstić information content (AvgIpc) is 2.94. The molecule has 2 aromatic carbocycles. The van der Waals surface area contributed by atoms with Crippen LogP contribution in [0.1, 0.15) is 49.9 Å². The number of hydrogen-bond donors (Lipinski definition) is 0. The first-order chi connectivity index (χ1) is 21.4. The molecule has 4 rings (SSSR count). The van der Waals surface area contributed by atoms with Gasteiger partial charge in [0.05, 0.1) is 34.7 Å². The Morgan fingerprint density at radius 1 is 0.872 bits per heavy atom. The Morgan fingerprint density at radius 2 is 1.38 bits per heavy atom. The van der Waals surface area contributed by atoms with Gasteiger partial charge in [0.1, 0.15) is 11.6 Å². The number of sulfonamides is 1. The normalized spacial score (nSPS) is 18.4. The Balaban J connectivity index is 1.84. The van der Waals surface area contributed by atoms with E-state index >= 15 is 0 Å². The van der Waals surface area contributed by atoms with Crippen LogP contribution in [0, 0.1) is 12.7 Å². The Labute approximate surface area is 269 Å². The Hall–Kier alpha value is -3.72. The first-order valence-corrected chi connectivity index (χ1v) is 16.4. The summed E-state index contributed by atoms with van der Waals surface area (Å²) in [6, 6.07) is 6.07. The maximum absolute atomic E-state index is 14.1. The minimum atomic E-state index is -5.10. The number of rotatable bonds is 6. The Bertz CT molecular complexity index is 1750. The number of benzene rings is 2. The zero-order valence-corrected chi connectivity index (χ0v) is 27.6. The van der Waals surface area contributed by atoms with E-state index in [2.05, 4.69) is 4.98 Å². The van der Waals surface area contributed by atoms with Crippen LogP contribution in [-0.2, 0) is 32.6 Å². The quantitative estimate of drug-likeness (QED) is 0.260. The van der Waals surface area contributed by atoms with Crippen molar-refractivity contribution in [3.8, 4) is 11.1 Å². The van der Waals surface area contributed by atoms with Crippen LogP contribution in [0.4, 0.5) is 42.2 Å². The van der Waals surface area contributed by atoms with E-state index in [9.17, 15) is 43.9 Å². The van der Waals surface area contributed by atoms with Gasteiger partial charge in [0.25, 0.3) is 0 Å². The second-order valence-electron chi connectivity index (χ2n) is 12.5. The van der Waals surface area contributed by atoms with Crippen molar-refractivity contribution in [3.05, 3.63) is 76.7 Å². The van der Waals surface area contributed by atoms with Crippen LogP contribution in [-0.4, -0.2) is 62.1 Å². The monoisotopic (exact) mass is 688 g/mol. The summed E-state index contributed by atoms with van der Waals surface area (Å²) in [5, 5.41) is 0. The van der Waals surface area contributed by atoms with Crippen molar-refractivity contribution >= 4 is 27.4 Å². The van der Waals surface area contributed by atoms with Crippen molar-refractivity contribution < 1.29 is 43.9 Å². The molecule has 256 valence electrons. The summed E-state index contributed by atoms with van der Waals surface area (Å²) in [6.07, 6.45) is -7.72. The van der Waals surface area contributed by atoms with E-state index in [1.54, 1.807) is 13.0 Å². The predicted molar refractivity (Wildman–Crippen MR) is 165 cm³/mol. The summed E-state index contributed by atoms with van der Waals surface area (Å²) in [5.41, 5.74) is -3.92. The summed E-state index contributed by atoms with van der Waals surface area (Å²) in [5.74, 6) is -0.922. The standard InChI is InChI=1S/C32H35F7N4O3S/c1-18-10-24(33)8-9-25(18)26-14-28(43-19(2)16-42(17-20(43)3)47(7,45)46)40-15-27(26)41(6)29(44)30(4,5)21-11-22(31(34,35)36)13-23(12-21)32(37,38)39/h8-15,19-20H,16-17H2,1-7H3. The number of pyridine rings is 1. The molecule has 0 N–H and O–H groups in total. The number of amides is 1. The van der Waals surface area contributed by atoms with Gasteiger partial charge in [-0.1, -0.05) is 6.07 Å². The molecule has 0 radical (unpaired) electrons. The maximum Gasteiger partial charge on any atom is 0.416 e. The molecule has 1 fully saturated rings. The highest BCUT2D eigenvalue weighted by molar-refractivity contribution is 7.88. The number of carbonyl (C=O) groups excluding carboxylic acids is 1. The Kier molecular flexibility index (Phi) is 9.52. The molecule has 3 aromatic rings. The van der Waals surface area contributed by atoms with Crippen LogP contribution in [0.25, 0.3) is 11.1 Å². The lowest BCUT2D eigenvalue weighted by molar-refractivity contribution is -0.143. The number of carbonyl (C=O) groups is 1. The highest BCUT2D eigenvalue weighted by Gasteiger charge is 2.42. The van der Waals surface area contributed by atoms with Crippen LogP contribution in [0.3, 0.4) is 0 Å². The van der Waals surface area contributed by atoms with E-state index in [1.165, 1.54) is 49.6 Å². The number of nitrogens with zero attached hydrogens (tertiary/aromatic N) is 4.